The van der Waals surface area contributed by atoms with E-state index in [1.165, 1.54) is 23.0 Å². The maximum atomic E-state index is 10.9. The number of rotatable bonds is 1. The van der Waals surface area contributed by atoms with E-state index in [-0.39, 0.29) is 5.69 Å². The normalized spacial score (nSPS) is 10.5. The zero-order valence-electron chi connectivity index (χ0n) is 6.44. The topological polar surface area (TPSA) is 47.3 Å². The number of carbonyl (C=O) groups is 1. The predicted octanol–water partition coefficient (Wildman–Crippen LogP) is -0.0979. The van der Waals surface area contributed by atoms with Crippen LogP contribution in [0.3, 0.4) is 0 Å². The molecular weight excluding hydrogens is 188 g/mol. The van der Waals surface area contributed by atoms with Crippen molar-refractivity contribution >= 4 is 35.9 Å². The molecule has 4 nitrogen and oxygen atoms in total. The second kappa shape index (κ2) is 2.85. The molecule has 6 heteroatoms. The molecule has 2 aromatic heterocycles. The Morgan fingerprint density at radius 1 is 1.46 bits per heavy atom. The van der Waals surface area contributed by atoms with Crippen LogP contribution in [0.25, 0.3) is 5.65 Å². The summed E-state index contributed by atoms with van der Waals surface area (Å²) in [5.41, 5.74) is 1.13. The van der Waals surface area contributed by atoms with Gasteiger partial charge in [0.2, 0.25) is 0 Å². The van der Waals surface area contributed by atoms with Crippen molar-refractivity contribution in [3.63, 3.8) is 0 Å². The molecule has 0 N–H and O–H groups in total. The molecule has 0 amide bonds. The van der Waals surface area contributed by atoms with Gasteiger partial charge in [-0.05, 0) is 11.6 Å². The molecule has 2 rings (SSSR count). The van der Waals surface area contributed by atoms with Crippen molar-refractivity contribution < 1.29 is 4.79 Å². The van der Waals surface area contributed by atoms with E-state index in [2.05, 4.69) is 9.97 Å². The Morgan fingerprint density at radius 2 is 2.23 bits per heavy atom. The van der Waals surface area contributed by atoms with Gasteiger partial charge < -0.3 is 0 Å². The van der Waals surface area contributed by atoms with E-state index in [9.17, 15) is 4.79 Å². The smallest absolute Gasteiger partial charge is 0.270 e. The summed E-state index contributed by atoms with van der Waals surface area (Å²) in [6, 6.07) is 0. The van der Waals surface area contributed by atoms with E-state index in [0.717, 1.165) is 0 Å². The Hall–Kier alpha value is -1.36. The van der Waals surface area contributed by atoms with Crippen molar-refractivity contribution in [3.8, 4) is 0 Å². The molecule has 0 unspecified atom stereocenters. The number of hydrogen-bond acceptors (Lipinski definition) is 3. The maximum Gasteiger partial charge on any atom is 0.270 e. The fraction of sp³-hybridized carbons (Fsp3) is 0. The molecule has 0 aliphatic heterocycles. The van der Waals surface area contributed by atoms with Crippen LogP contribution < -0.4 is 5.59 Å². The lowest BCUT2D eigenvalue weighted by Crippen LogP contribution is -2.11. The predicted molar refractivity (Wildman–Crippen MR) is 48.6 cm³/mol. The van der Waals surface area contributed by atoms with E-state index in [0.29, 0.717) is 11.2 Å². The van der Waals surface area contributed by atoms with Gasteiger partial charge in [0.25, 0.3) is 5.24 Å². The Kier molecular flexibility index (Phi) is 1.81. The molecule has 62 valence electrons. The minimum atomic E-state index is -0.571. The highest BCUT2D eigenvalue weighted by Crippen LogP contribution is 2.06. The number of aromatic nitrogens is 3. The van der Waals surface area contributed by atoms with Crippen molar-refractivity contribution in [1.29, 1.82) is 0 Å². The highest BCUT2D eigenvalue weighted by atomic mass is 35.5. The van der Waals surface area contributed by atoms with Crippen molar-refractivity contribution in [2.24, 2.45) is 0 Å². The van der Waals surface area contributed by atoms with Crippen molar-refractivity contribution in [2.45, 2.75) is 0 Å². The van der Waals surface area contributed by atoms with Gasteiger partial charge in [-0.3, -0.25) is 14.2 Å². The van der Waals surface area contributed by atoms with Crippen molar-refractivity contribution in [3.05, 3.63) is 24.3 Å². The fourth-order valence-electron chi connectivity index (χ4n) is 1.05. The molecule has 0 bridgehead atoms. The van der Waals surface area contributed by atoms with Gasteiger partial charge in [-0.2, -0.15) is 0 Å². The molecule has 0 aromatic carbocycles. The molecule has 0 saturated heterocycles. The zero-order valence-corrected chi connectivity index (χ0v) is 7.19. The summed E-state index contributed by atoms with van der Waals surface area (Å²) in [6.07, 6.45) is 4.35. The number of hydrogen-bond donors (Lipinski definition) is 0. The Bertz CT molecular complexity index is 482. The van der Waals surface area contributed by atoms with Gasteiger partial charge in [-0.1, -0.05) is 0 Å². The summed E-state index contributed by atoms with van der Waals surface area (Å²) in [5, 5.41) is -0.571. The van der Waals surface area contributed by atoms with E-state index < -0.39 is 5.24 Å². The minimum absolute atomic E-state index is 0.283. The van der Waals surface area contributed by atoms with E-state index in [1.54, 1.807) is 0 Å². The van der Waals surface area contributed by atoms with Gasteiger partial charge in [0.05, 0.1) is 12.4 Å². The van der Waals surface area contributed by atoms with Crippen LogP contribution in [0.1, 0.15) is 10.5 Å². The molecular formula is C7H3BClN3O. The van der Waals surface area contributed by atoms with Crippen LogP contribution in [0.5, 0.6) is 0 Å². The second-order valence-electron chi connectivity index (χ2n) is 2.46. The number of imidazole rings is 1. The average Bonchev–Trinajstić information content (AvgIpc) is 2.46. The summed E-state index contributed by atoms with van der Waals surface area (Å²) >= 11 is 5.31. The average molecular weight is 191 g/mol. The monoisotopic (exact) mass is 191 g/mol. The molecule has 13 heavy (non-hydrogen) atoms. The lowest BCUT2D eigenvalue weighted by atomic mass is 10.1. The lowest BCUT2D eigenvalue weighted by Gasteiger charge is -1.97. The summed E-state index contributed by atoms with van der Waals surface area (Å²) in [7, 11) is 5.44. The molecule has 2 heterocycles. The summed E-state index contributed by atoms with van der Waals surface area (Å²) in [6.45, 7) is 0. The lowest BCUT2D eigenvalue weighted by molar-refractivity contribution is 0.107. The van der Waals surface area contributed by atoms with Crippen LogP contribution in [0.2, 0.25) is 0 Å². The zero-order chi connectivity index (χ0) is 9.42. The molecule has 0 fully saturated rings. The Morgan fingerprint density at radius 3 is 2.92 bits per heavy atom. The van der Waals surface area contributed by atoms with Crippen LogP contribution in [-0.4, -0.2) is 27.5 Å². The highest BCUT2D eigenvalue weighted by Gasteiger charge is 2.08. The summed E-state index contributed by atoms with van der Waals surface area (Å²) < 4.78 is 1.50. The summed E-state index contributed by atoms with van der Waals surface area (Å²) in [4.78, 5) is 18.6. The van der Waals surface area contributed by atoms with Crippen LogP contribution in [0.4, 0.5) is 0 Å². The standard InChI is InChI=1S/C7H3BClN3O/c8-5-3-12-4(7(9)13)1-11-6(12)2-10-5/h1-3H. The Balaban J connectivity index is 2.79. The summed E-state index contributed by atoms with van der Waals surface area (Å²) in [5.74, 6) is 0. The third kappa shape index (κ3) is 1.31. The maximum absolute atomic E-state index is 10.9. The van der Waals surface area contributed by atoms with Crippen molar-refractivity contribution in [1.82, 2.24) is 14.4 Å². The van der Waals surface area contributed by atoms with Gasteiger partial charge in [0, 0.05) is 11.8 Å². The molecule has 2 radical (unpaired) electrons. The first-order valence-corrected chi connectivity index (χ1v) is 3.84. The third-order valence-corrected chi connectivity index (χ3v) is 1.81. The van der Waals surface area contributed by atoms with Gasteiger partial charge in [-0.15, -0.1) is 0 Å². The van der Waals surface area contributed by atoms with E-state index >= 15 is 0 Å². The van der Waals surface area contributed by atoms with Gasteiger partial charge >= 0.3 is 0 Å². The number of carbonyl (C=O) groups excluding carboxylic acids is 1. The molecule has 0 spiro atoms. The van der Waals surface area contributed by atoms with Gasteiger partial charge in [-0.25, -0.2) is 4.98 Å². The SMILES string of the molecule is [B]c1cn2c(C(=O)Cl)cnc2cn1. The third-order valence-electron chi connectivity index (χ3n) is 1.62. The minimum Gasteiger partial charge on any atom is -0.294 e. The second-order valence-corrected chi connectivity index (χ2v) is 2.80. The van der Waals surface area contributed by atoms with Crippen LogP contribution in [0.15, 0.2) is 18.6 Å². The first-order valence-electron chi connectivity index (χ1n) is 3.47. The number of halogens is 1. The van der Waals surface area contributed by atoms with E-state index in [4.69, 9.17) is 19.4 Å². The number of fused-ring (bicyclic) bond motifs is 1. The molecule has 0 aliphatic carbocycles. The van der Waals surface area contributed by atoms with Gasteiger partial charge in [0.15, 0.2) is 5.65 Å². The fourth-order valence-corrected chi connectivity index (χ4v) is 1.19. The molecule has 0 saturated carbocycles. The van der Waals surface area contributed by atoms with Gasteiger partial charge in [0.1, 0.15) is 13.5 Å². The molecule has 0 atom stereocenters. The first-order chi connectivity index (χ1) is 6.18. The number of nitrogens with zero attached hydrogens (tertiary/aromatic N) is 3. The quantitative estimate of drug-likeness (QED) is 0.467. The molecule has 0 aliphatic rings. The largest absolute Gasteiger partial charge is 0.294 e. The van der Waals surface area contributed by atoms with Crippen LogP contribution >= 0.6 is 11.6 Å². The first kappa shape index (κ1) is 8.25. The van der Waals surface area contributed by atoms with Crippen LogP contribution in [0, 0.1) is 0 Å². The van der Waals surface area contributed by atoms with Crippen LogP contribution in [-0.2, 0) is 0 Å². The van der Waals surface area contributed by atoms with E-state index in [1.807, 2.05) is 0 Å². The molecule has 2 aromatic rings. The highest BCUT2D eigenvalue weighted by molar-refractivity contribution is 6.67. The van der Waals surface area contributed by atoms with Crippen molar-refractivity contribution in [2.75, 3.05) is 0 Å². The Labute approximate surface area is 80.0 Å².